The third-order valence-corrected chi connectivity index (χ3v) is 6.20. The Hall–Kier alpha value is -2.81. The topological polar surface area (TPSA) is 116 Å². The Balaban J connectivity index is 2.45. The van der Waals surface area contributed by atoms with Crippen molar-refractivity contribution in [2.75, 3.05) is 31.2 Å². The van der Waals surface area contributed by atoms with Crippen molar-refractivity contribution in [3.05, 3.63) is 41.0 Å². The molecule has 0 atom stereocenters. The van der Waals surface area contributed by atoms with Crippen LogP contribution in [-0.2, 0) is 25.4 Å². The lowest BCUT2D eigenvalue weighted by Gasteiger charge is -2.26. The molecule has 0 fully saturated rings. The molecule has 0 radical (unpaired) electrons. The van der Waals surface area contributed by atoms with Gasteiger partial charge >= 0.3 is 22.6 Å². The SMILES string of the molecule is CCCCOc1cccc(Oc2ncc(C(F)(F)F)cc2Cl)c1N(CCC)C(=O)OS(=O)(=O)NCCOC(C)C. The molecule has 0 bridgehead atoms. The molecule has 1 aromatic carbocycles. The average Bonchev–Trinajstić information content (AvgIpc) is 2.86. The van der Waals surface area contributed by atoms with Gasteiger partial charge in [0.05, 0.1) is 24.9 Å². The van der Waals surface area contributed by atoms with Crippen LogP contribution < -0.4 is 19.1 Å². The van der Waals surface area contributed by atoms with Crippen LogP contribution in [0.5, 0.6) is 17.4 Å². The van der Waals surface area contributed by atoms with Crippen LogP contribution in [-0.4, -0.2) is 51.9 Å². The Morgan fingerprint density at radius 2 is 1.85 bits per heavy atom. The Labute approximate surface area is 237 Å². The van der Waals surface area contributed by atoms with Crippen molar-refractivity contribution in [2.45, 2.75) is 59.2 Å². The predicted molar refractivity (Wildman–Crippen MR) is 143 cm³/mol. The predicted octanol–water partition coefficient (Wildman–Crippen LogP) is 6.34. The van der Waals surface area contributed by atoms with Gasteiger partial charge in [-0.25, -0.2) is 9.78 Å². The van der Waals surface area contributed by atoms with E-state index in [1.54, 1.807) is 20.8 Å². The summed E-state index contributed by atoms with van der Waals surface area (Å²) >= 11 is 6.03. The zero-order valence-electron chi connectivity index (χ0n) is 22.6. The number of rotatable bonds is 15. The molecule has 224 valence electrons. The lowest BCUT2D eigenvalue weighted by molar-refractivity contribution is -0.137. The van der Waals surface area contributed by atoms with E-state index in [0.717, 1.165) is 11.3 Å². The summed E-state index contributed by atoms with van der Waals surface area (Å²) in [5.41, 5.74) is -1.09. The number of halogens is 4. The molecule has 10 nitrogen and oxygen atoms in total. The van der Waals surface area contributed by atoms with Gasteiger partial charge in [0.15, 0.2) is 5.75 Å². The molecule has 0 unspecified atom stereocenters. The van der Waals surface area contributed by atoms with Gasteiger partial charge in [0.1, 0.15) is 16.5 Å². The van der Waals surface area contributed by atoms with Crippen molar-refractivity contribution < 1.29 is 44.8 Å². The summed E-state index contributed by atoms with van der Waals surface area (Å²) in [5.74, 6) is -0.301. The monoisotopic (exact) mass is 611 g/mol. The molecule has 1 N–H and O–H groups in total. The standard InChI is InChI=1S/C25H33ClF3N3O7S/c1-5-7-13-37-20-9-8-10-21(38-23-19(26)15-18(16-30-23)25(27,28)29)22(20)32(12-6-2)24(33)39-40(34,35)31-11-14-36-17(3)4/h8-10,15-17,31H,5-7,11-14H2,1-4H3. The van der Waals surface area contributed by atoms with Gasteiger partial charge in [-0.15, -0.1) is 0 Å². The van der Waals surface area contributed by atoms with Crippen molar-refractivity contribution in [3.63, 3.8) is 0 Å². The van der Waals surface area contributed by atoms with Crippen LogP contribution in [0.3, 0.4) is 0 Å². The van der Waals surface area contributed by atoms with E-state index in [4.69, 9.17) is 30.0 Å². The first-order valence-corrected chi connectivity index (χ1v) is 14.4. The minimum Gasteiger partial charge on any atom is -0.491 e. The highest BCUT2D eigenvalue weighted by atomic mass is 35.5. The van der Waals surface area contributed by atoms with E-state index in [0.29, 0.717) is 25.1 Å². The number of hydrogen-bond donors (Lipinski definition) is 1. The molecule has 1 amide bonds. The fourth-order valence-electron chi connectivity index (χ4n) is 3.20. The van der Waals surface area contributed by atoms with E-state index in [1.165, 1.54) is 18.2 Å². The van der Waals surface area contributed by atoms with Crippen LogP contribution in [0.2, 0.25) is 5.02 Å². The van der Waals surface area contributed by atoms with E-state index in [-0.39, 0.29) is 55.5 Å². The quantitative estimate of drug-likeness (QED) is 0.232. The number of unbranched alkanes of at least 4 members (excludes halogenated alkanes) is 1. The highest BCUT2D eigenvalue weighted by molar-refractivity contribution is 7.85. The molecular formula is C25H33ClF3N3O7S. The summed E-state index contributed by atoms with van der Waals surface area (Å²) in [6, 6.07) is 5.13. The molecule has 40 heavy (non-hydrogen) atoms. The van der Waals surface area contributed by atoms with E-state index < -0.39 is 33.2 Å². The van der Waals surface area contributed by atoms with Crippen molar-refractivity contribution in [1.82, 2.24) is 9.71 Å². The van der Waals surface area contributed by atoms with Gasteiger partial charge < -0.3 is 18.4 Å². The Bertz CT molecular complexity index is 1230. The summed E-state index contributed by atoms with van der Waals surface area (Å²) in [6.45, 7) is 7.41. The van der Waals surface area contributed by atoms with Crippen molar-refractivity contribution in [1.29, 1.82) is 0 Å². The molecular weight excluding hydrogens is 579 g/mol. The third-order valence-electron chi connectivity index (χ3n) is 5.01. The summed E-state index contributed by atoms with van der Waals surface area (Å²) < 4.78 is 87.8. The molecule has 2 rings (SSSR count). The van der Waals surface area contributed by atoms with E-state index >= 15 is 0 Å². The van der Waals surface area contributed by atoms with E-state index in [9.17, 15) is 26.4 Å². The number of benzene rings is 1. The van der Waals surface area contributed by atoms with Gasteiger partial charge in [0.25, 0.3) is 0 Å². The lowest BCUT2D eigenvalue weighted by atomic mass is 10.2. The zero-order chi connectivity index (χ0) is 29.9. The maximum Gasteiger partial charge on any atom is 0.431 e. The van der Waals surface area contributed by atoms with Crippen LogP contribution in [0.25, 0.3) is 0 Å². The molecule has 2 aromatic rings. The maximum atomic E-state index is 13.2. The summed E-state index contributed by atoms with van der Waals surface area (Å²) in [7, 11) is -4.52. The largest absolute Gasteiger partial charge is 0.491 e. The number of anilines is 1. The Kier molecular flexibility index (Phi) is 12.7. The molecule has 0 aliphatic heterocycles. The number of pyridine rings is 1. The molecule has 15 heteroatoms. The molecule has 0 saturated carbocycles. The number of alkyl halides is 3. The second kappa shape index (κ2) is 15.3. The number of amides is 1. The fourth-order valence-corrected chi connectivity index (χ4v) is 4.08. The fraction of sp³-hybridized carbons (Fsp3) is 0.520. The van der Waals surface area contributed by atoms with Gasteiger partial charge in [-0.3, -0.25) is 4.90 Å². The molecule has 1 aromatic heterocycles. The number of ether oxygens (including phenoxy) is 3. The number of carbonyl (C=O) groups excluding carboxylic acids is 1. The number of nitrogens with zero attached hydrogens (tertiary/aromatic N) is 2. The number of para-hydroxylation sites is 1. The molecule has 0 aliphatic rings. The second-order valence-electron chi connectivity index (χ2n) is 8.68. The molecule has 0 spiro atoms. The smallest absolute Gasteiger partial charge is 0.431 e. The minimum atomic E-state index is -4.67. The first-order valence-electron chi connectivity index (χ1n) is 12.6. The van der Waals surface area contributed by atoms with Crippen LogP contribution in [0.15, 0.2) is 30.5 Å². The zero-order valence-corrected chi connectivity index (χ0v) is 24.2. The Morgan fingerprint density at radius 3 is 2.45 bits per heavy atom. The van der Waals surface area contributed by atoms with Crippen LogP contribution in [0, 0.1) is 0 Å². The second-order valence-corrected chi connectivity index (χ2v) is 10.5. The van der Waals surface area contributed by atoms with Crippen molar-refractivity contribution in [2.24, 2.45) is 0 Å². The van der Waals surface area contributed by atoms with Crippen LogP contribution in [0.1, 0.15) is 52.5 Å². The third kappa shape index (κ3) is 10.3. The summed E-state index contributed by atoms with van der Waals surface area (Å²) in [5, 5.41) is -0.432. The van der Waals surface area contributed by atoms with E-state index in [1.807, 2.05) is 6.92 Å². The summed E-state index contributed by atoms with van der Waals surface area (Å²) in [6.07, 6.45) is -3.65. The molecule has 0 aliphatic carbocycles. The van der Waals surface area contributed by atoms with Gasteiger partial charge in [0, 0.05) is 19.3 Å². The Morgan fingerprint density at radius 1 is 1.15 bits per heavy atom. The van der Waals surface area contributed by atoms with Crippen molar-refractivity contribution in [3.8, 4) is 17.4 Å². The van der Waals surface area contributed by atoms with Gasteiger partial charge in [-0.1, -0.05) is 37.9 Å². The first kappa shape index (κ1) is 33.4. The lowest BCUT2D eigenvalue weighted by Crippen LogP contribution is -2.38. The maximum absolute atomic E-state index is 13.2. The highest BCUT2D eigenvalue weighted by Gasteiger charge is 2.33. The molecule has 0 saturated heterocycles. The van der Waals surface area contributed by atoms with Crippen LogP contribution >= 0.6 is 11.6 Å². The van der Waals surface area contributed by atoms with Gasteiger partial charge in [-0.2, -0.15) is 26.3 Å². The highest BCUT2D eigenvalue weighted by Crippen LogP contribution is 2.42. The number of carbonyl (C=O) groups is 1. The minimum absolute atomic E-state index is 0.0124. The number of hydrogen-bond acceptors (Lipinski definition) is 8. The van der Waals surface area contributed by atoms with Crippen LogP contribution in [0.4, 0.5) is 23.7 Å². The average molecular weight is 612 g/mol. The van der Waals surface area contributed by atoms with Gasteiger partial charge in [0.2, 0.25) is 5.88 Å². The first-order chi connectivity index (χ1) is 18.8. The molecule has 1 heterocycles. The van der Waals surface area contributed by atoms with Crippen molar-refractivity contribution >= 4 is 33.7 Å². The van der Waals surface area contributed by atoms with Gasteiger partial charge in [-0.05, 0) is 44.9 Å². The number of nitrogens with one attached hydrogen (secondary N) is 1. The summed E-state index contributed by atoms with van der Waals surface area (Å²) in [4.78, 5) is 17.9. The number of aromatic nitrogens is 1. The van der Waals surface area contributed by atoms with E-state index in [2.05, 4.69) is 9.71 Å². The normalized spacial score (nSPS) is 11.9.